The number of aryl methyl sites for hydroxylation is 1. The summed E-state index contributed by atoms with van der Waals surface area (Å²) >= 11 is 5.93. The zero-order valence-corrected chi connectivity index (χ0v) is 11.4. The Morgan fingerprint density at radius 2 is 1.89 bits per heavy atom. The molecule has 0 atom stereocenters. The number of rotatable bonds is 3. The first kappa shape index (κ1) is 12.2. The molecule has 0 saturated heterocycles. The highest BCUT2D eigenvalue weighted by atomic mass is 35.5. The van der Waals surface area contributed by atoms with Gasteiger partial charge in [-0.3, -0.25) is 0 Å². The summed E-state index contributed by atoms with van der Waals surface area (Å²) in [5.41, 5.74) is 3.14. The lowest BCUT2D eigenvalue weighted by Crippen LogP contribution is -2.03. The molecule has 0 amide bonds. The van der Waals surface area contributed by atoms with Crippen LogP contribution in [0.3, 0.4) is 0 Å². The number of hydrogen-bond acceptors (Lipinski definition) is 2. The summed E-state index contributed by atoms with van der Waals surface area (Å²) in [5.74, 6) is 1.03. The molecular weight excluding hydrogens is 258 g/mol. The second-order valence-corrected chi connectivity index (χ2v) is 4.78. The first-order chi connectivity index (χ1) is 9.28. The Labute approximate surface area is 116 Å². The average molecular weight is 272 g/mol. The minimum Gasteiger partial charge on any atom is -0.328 e. The van der Waals surface area contributed by atoms with Crippen LogP contribution in [0.25, 0.3) is 11.0 Å². The minimum atomic E-state index is 0.525. The van der Waals surface area contributed by atoms with Crippen molar-refractivity contribution < 1.29 is 0 Å². The van der Waals surface area contributed by atoms with Crippen molar-refractivity contribution in [1.82, 2.24) is 14.5 Å². The van der Waals surface area contributed by atoms with Gasteiger partial charge in [0.1, 0.15) is 11.0 Å². The zero-order chi connectivity index (χ0) is 13.2. The number of nitrogens with zero attached hydrogens (tertiary/aromatic N) is 3. The van der Waals surface area contributed by atoms with Gasteiger partial charge < -0.3 is 4.57 Å². The molecule has 3 aromatic rings. The summed E-state index contributed by atoms with van der Waals surface area (Å²) in [6, 6.07) is 13.9. The van der Waals surface area contributed by atoms with Gasteiger partial charge >= 0.3 is 0 Å². The second kappa shape index (κ2) is 5.02. The van der Waals surface area contributed by atoms with E-state index in [9.17, 15) is 0 Å². The number of benzene rings is 1. The first-order valence-electron chi connectivity index (χ1n) is 6.33. The van der Waals surface area contributed by atoms with E-state index in [0.717, 1.165) is 23.6 Å². The predicted octanol–water partition coefficient (Wildman–Crippen LogP) is 3.70. The van der Waals surface area contributed by atoms with Crippen LogP contribution in [-0.2, 0) is 13.0 Å². The van der Waals surface area contributed by atoms with Gasteiger partial charge in [-0.1, -0.05) is 29.8 Å². The second-order valence-electron chi connectivity index (χ2n) is 4.39. The Kier molecular flexibility index (Phi) is 3.22. The Hall–Kier alpha value is -1.87. The molecule has 0 saturated carbocycles. The summed E-state index contributed by atoms with van der Waals surface area (Å²) in [4.78, 5) is 9.01. The number of para-hydroxylation sites is 2. The third kappa shape index (κ3) is 2.34. The molecule has 0 aliphatic heterocycles. The standard InChI is InChI=1S/C15H14ClN3/c1-2-19-13-8-4-3-7-12(13)18-15(19)10-11-6-5-9-14(16)17-11/h3-9H,2,10H2,1H3. The molecule has 0 N–H and O–H groups in total. The lowest BCUT2D eigenvalue weighted by molar-refractivity contribution is 0.729. The van der Waals surface area contributed by atoms with Crippen LogP contribution in [0, 0.1) is 0 Å². The van der Waals surface area contributed by atoms with Crippen molar-refractivity contribution >= 4 is 22.6 Å². The van der Waals surface area contributed by atoms with Crippen LogP contribution < -0.4 is 0 Å². The summed E-state index contributed by atoms with van der Waals surface area (Å²) < 4.78 is 2.22. The molecule has 3 rings (SSSR count). The Bertz CT molecular complexity index is 718. The van der Waals surface area contributed by atoms with E-state index in [4.69, 9.17) is 11.6 Å². The van der Waals surface area contributed by atoms with E-state index in [0.29, 0.717) is 11.6 Å². The molecule has 0 unspecified atom stereocenters. The van der Waals surface area contributed by atoms with Crippen LogP contribution >= 0.6 is 11.6 Å². The highest BCUT2D eigenvalue weighted by molar-refractivity contribution is 6.29. The van der Waals surface area contributed by atoms with Crippen molar-refractivity contribution in [2.24, 2.45) is 0 Å². The van der Waals surface area contributed by atoms with Crippen molar-refractivity contribution in [3.8, 4) is 0 Å². The smallest absolute Gasteiger partial charge is 0.129 e. The summed E-state index contributed by atoms with van der Waals surface area (Å²) in [5, 5.41) is 0.525. The zero-order valence-electron chi connectivity index (χ0n) is 10.7. The van der Waals surface area contributed by atoms with Gasteiger partial charge in [-0.2, -0.15) is 0 Å². The molecule has 2 heterocycles. The van der Waals surface area contributed by atoms with E-state index in [1.165, 1.54) is 5.52 Å². The van der Waals surface area contributed by atoms with Gasteiger partial charge in [0.05, 0.1) is 11.0 Å². The van der Waals surface area contributed by atoms with Gasteiger partial charge in [-0.25, -0.2) is 9.97 Å². The third-order valence-corrected chi connectivity index (χ3v) is 3.37. The van der Waals surface area contributed by atoms with Crippen molar-refractivity contribution in [2.45, 2.75) is 19.9 Å². The fourth-order valence-electron chi connectivity index (χ4n) is 2.32. The van der Waals surface area contributed by atoms with Gasteiger partial charge in [0.25, 0.3) is 0 Å². The number of fused-ring (bicyclic) bond motifs is 1. The first-order valence-corrected chi connectivity index (χ1v) is 6.71. The predicted molar refractivity (Wildman–Crippen MR) is 77.5 cm³/mol. The number of aromatic nitrogens is 3. The molecule has 0 aliphatic rings. The monoisotopic (exact) mass is 271 g/mol. The van der Waals surface area contributed by atoms with Crippen LogP contribution in [0.2, 0.25) is 5.15 Å². The number of hydrogen-bond donors (Lipinski definition) is 0. The summed E-state index contributed by atoms with van der Waals surface area (Å²) in [7, 11) is 0. The quantitative estimate of drug-likeness (QED) is 0.680. The maximum atomic E-state index is 5.93. The number of halogens is 1. The molecule has 3 nitrogen and oxygen atoms in total. The van der Waals surface area contributed by atoms with Crippen LogP contribution in [-0.4, -0.2) is 14.5 Å². The normalized spacial score (nSPS) is 11.1. The van der Waals surface area contributed by atoms with E-state index in [-0.39, 0.29) is 0 Å². The molecule has 0 spiro atoms. The number of imidazole rings is 1. The van der Waals surface area contributed by atoms with E-state index < -0.39 is 0 Å². The van der Waals surface area contributed by atoms with Crippen molar-refractivity contribution in [1.29, 1.82) is 0 Å². The highest BCUT2D eigenvalue weighted by Crippen LogP contribution is 2.18. The highest BCUT2D eigenvalue weighted by Gasteiger charge is 2.10. The lowest BCUT2D eigenvalue weighted by atomic mass is 10.2. The van der Waals surface area contributed by atoms with Gasteiger partial charge in [-0.15, -0.1) is 0 Å². The van der Waals surface area contributed by atoms with Gasteiger partial charge in [0.15, 0.2) is 0 Å². The largest absolute Gasteiger partial charge is 0.328 e. The van der Waals surface area contributed by atoms with Crippen LogP contribution in [0.4, 0.5) is 0 Å². The van der Waals surface area contributed by atoms with E-state index >= 15 is 0 Å². The molecule has 0 bridgehead atoms. The van der Waals surface area contributed by atoms with Crippen molar-refractivity contribution in [3.63, 3.8) is 0 Å². The van der Waals surface area contributed by atoms with Gasteiger partial charge in [0, 0.05) is 18.7 Å². The molecular formula is C15H14ClN3. The fourth-order valence-corrected chi connectivity index (χ4v) is 2.51. The third-order valence-electron chi connectivity index (χ3n) is 3.16. The van der Waals surface area contributed by atoms with Crippen molar-refractivity contribution in [2.75, 3.05) is 0 Å². The molecule has 96 valence electrons. The maximum Gasteiger partial charge on any atom is 0.129 e. The molecule has 2 aromatic heterocycles. The molecule has 19 heavy (non-hydrogen) atoms. The average Bonchev–Trinajstić information content (AvgIpc) is 2.75. The van der Waals surface area contributed by atoms with E-state index in [2.05, 4.69) is 27.5 Å². The van der Waals surface area contributed by atoms with Crippen LogP contribution in [0.15, 0.2) is 42.5 Å². The van der Waals surface area contributed by atoms with Gasteiger partial charge in [0.2, 0.25) is 0 Å². The van der Waals surface area contributed by atoms with Crippen molar-refractivity contribution in [3.05, 3.63) is 59.1 Å². The van der Waals surface area contributed by atoms with Crippen LogP contribution in [0.1, 0.15) is 18.4 Å². The molecule has 1 aromatic carbocycles. The minimum absolute atomic E-state index is 0.525. The molecule has 4 heteroatoms. The Morgan fingerprint density at radius 3 is 2.68 bits per heavy atom. The lowest BCUT2D eigenvalue weighted by Gasteiger charge is -2.05. The van der Waals surface area contributed by atoms with E-state index in [1.807, 2.05) is 30.3 Å². The van der Waals surface area contributed by atoms with E-state index in [1.54, 1.807) is 6.07 Å². The number of pyridine rings is 1. The summed E-state index contributed by atoms with van der Waals surface area (Å²) in [6.07, 6.45) is 0.698. The summed E-state index contributed by atoms with van der Waals surface area (Å²) in [6.45, 7) is 3.03. The molecule has 0 fully saturated rings. The Morgan fingerprint density at radius 1 is 1.05 bits per heavy atom. The Balaban J connectivity index is 2.05. The van der Waals surface area contributed by atoms with Gasteiger partial charge in [-0.05, 0) is 31.2 Å². The SMILES string of the molecule is CCn1c(Cc2cccc(Cl)n2)nc2ccccc21. The molecule has 0 radical (unpaired) electrons. The topological polar surface area (TPSA) is 30.7 Å². The maximum absolute atomic E-state index is 5.93. The molecule has 0 aliphatic carbocycles. The van der Waals surface area contributed by atoms with Crippen LogP contribution in [0.5, 0.6) is 0 Å². The fraction of sp³-hybridized carbons (Fsp3) is 0.200.